The minimum atomic E-state index is -1.00. The molecule has 0 aromatic carbocycles. The average Bonchev–Trinajstić information content (AvgIpc) is 2.75. The van der Waals surface area contributed by atoms with Gasteiger partial charge in [-0.05, 0) is 51.4 Å². The summed E-state index contributed by atoms with van der Waals surface area (Å²) < 4.78 is 5.34. The van der Waals surface area contributed by atoms with Gasteiger partial charge in [0.15, 0.2) is 0 Å². The van der Waals surface area contributed by atoms with Crippen LogP contribution in [0.5, 0.6) is 0 Å². The van der Waals surface area contributed by atoms with E-state index in [-0.39, 0.29) is 5.76 Å². The predicted octanol–water partition coefficient (Wildman–Crippen LogP) is 2.11. The molecule has 0 saturated carbocycles. The second kappa shape index (κ2) is 5.97. The maximum Gasteiger partial charge on any atom is 0.372 e. The molecule has 1 saturated heterocycles. The van der Waals surface area contributed by atoms with Crippen molar-refractivity contribution in [3.05, 3.63) is 23.2 Å². The lowest BCUT2D eigenvalue weighted by Crippen LogP contribution is -2.41. The largest absolute Gasteiger partial charge is 0.475 e. The maximum atomic E-state index is 10.9. The van der Waals surface area contributed by atoms with Gasteiger partial charge in [0.2, 0.25) is 5.76 Å². The molecule has 0 spiro atoms. The summed E-state index contributed by atoms with van der Waals surface area (Å²) in [7, 11) is 2.16. The van der Waals surface area contributed by atoms with E-state index >= 15 is 0 Å². The van der Waals surface area contributed by atoms with Crippen LogP contribution in [-0.2, 0) is 6.54 Å². The molecule has 2 rings (SSSR count). The van der Waals surface area contributed by atoms with Gasteiger partial charge in [0.25, 0.3) is 0 Å². The lowest BCUT2D eigenvalue weighted by molar-refractivity contribution is 0.0658. The third-order valence-corrected chi connectivity index (χ3v) is 4.21. The van der Waals surface area contributed by atoms with Crippen molar-refractivity contribution in [3.63, 3.8) is 0 Å². The SMILES string of the molecule is Cc1cc(CNCC2(C)CCN(C)CC2)oc1C(=O)O. The van der Waals surface area contributed by atoms with Gasteiger partial charge < -0.3 is 19.7 Å². The second-order valence-corrected chi connectivity index (χ2v) is 6.25. The molecule has 1 aromatic heterocycles. The smallest absolute Gasteiger partial charge is 0.372 e. The van der Waals surface area contributed by atoms with Gasteiger partial charge >= 0.3 is 5.97 Å². The van der Waals surface area contributed by atoms with Crippen molar-refractivity contribution in [3.8, 4) is 0 Å². The molecule has 2 heterocycles. The summed E-state index contributed by atoms with van der Waals surface area (Å²) in [5.74, 6) is -0.264. The highest BCUT2D eigenvalue weighted by atomic mass is 16.4. The minimum Gasteiger partial charge on any atom is -0.475 e. The number of aromatic carboxylic acids is 1. The van der Waals surface area contributed by atoms with E-state index in [1.165, 1.54) is 12.8 Å². The summed E-state index contributed by atoms with van der Waals surface area (Å²) in [6.07, 6.45) is 2.38. The summed E-state index contributed by atoms with van der Waals surface area (Å²) in [5.41, 5.74) is 1.00. The first-order valence-corrected chi connectivity index (χ1v) is 7.11. The van der Waals surface area contributed by atoms with Crippen LogP contribution >= 0.6 is 0 Å². The molecule has 0 amide bonds. The van der Waals surface area contributed by atoms with E-state index in [1.54, 1.807) is 13.0 Å². The summed E-state index contributed by atoms with van der Waals surface area (Å²) in [5, 5.41) is 12.4. The van der Waals surface area contributed by atoms with E-state index in [0.717, 1.165) is 19.6 Å². The Morgan fingerprint density at radius 2 is 2.15 bits per heavy atom. The van der Waals surface area contributed by atoms with E-state index in [9.17, 15) is 4.79 Å². The molecule has 0 unspecified atom stereocenters. The fraction of sp³-hybridized carbons (Fsp3) is 0.667. The maximum absolute atomic E-state index is 10.9. The molecule has 0 bridgehead atoms. The number of piperidine rings is 1. The Bertz CT molecular complexity index is 473. The van der Waals surface area contributed by atoms with Crippen LogP contribution in [0.4, 0.5) is 0 Å². The van der Waals surface area contributed by atoms with E-state index in [1.807, 2.05) is 0 Å². The lowest BCUT2D eigenvalue weighted by Gasteiger charge is -2.38. The molecule has 2 N–H and O–H groups in total. The quantitative estimate of drug-likeness (QED) is 0.864. The molecule has 0 radical (unpaired) electrons. The number of furan rings is 1. The summed E-state index contributed by atoms with van der Waals surface area (Å²) in [4.78, 5) is 13.3. The standard InChI is InChI=1S/C15H24N2O3/c1-11-8-12(20-13(11)14(18)19)9-16-10-15(2)4-6-17(3)7-5-15/h8,16H,4-7,9-10H2,1-3H3,(H,18,19). The first-order valence-electron chi connectivity index (χ1n) is 7.11. The monoisotopic (exact) mass is 280 g/mol. The van der Waals surface area contributed by atoms with Gasteiger partial charge in [0.05, 0.1) is 6.54 Å². The average molecular weight is 280 g/mol. The number of carbonyl (C=O) groups is 1. The molecule has 1 aliphatic rings. The third-order valence-electron chi connectivity index (χ3n) is 4.21. The highest BCUT2D eigenvalue weighted by molar-refractivity contribution is 5.86. The lowest BCUT2D eigenvalue weighted by atomic mass is 9.80. The Morgan fingerprint density at radius 1 is 1.50 bits per heavy atom. The molecular formula is C15H24N2O3. The van der Waals surface area contributed by atoms with E-state index in [4.69, 9.17) is 9.52 Å². The van der Waals surface area contributed by atoms with Crippen LogP contribution in [0.1, 0.15) is 41.6 Å². The van der Waals surface area contributed by atoms with E-state index < -0.39 is 5.97 Å². The first-order chi connectivity index (χ1) is 9.39. The van der Waals surface area contributed by atoms with Crippen molar-refractivity contribution in [2.75, 3.05) is 26.7 Å². The Hall–Kier alpha value is -1.33. The second-order valence-electron chi connectivity index (χ2n) is 6.25. The third kappa shape index (κ3) is 3.61. The Kier molecular flexibility index (Phi) is 4.50. The summed E-state index contributed by atoms with van der Waals surface area (Å²) in [6, 6.07) is 1.80. The van der Waals surface area contributed by atoms with Crippen molar-refractivity contribution in [1.82, 2.24) is 10.2 Å². The molecule has 20 heavy (non-hydrogen) atoms. The molecule has 112 valence electrons. The van der Waals surface area contributed by atoms with Crippen LogP contribution in [0, 0.1) is 12.3 Å². The number of carboxylic acid groups (broad SMARTS) is 1. The molecule has 1 aliphatic heterocycles. The summed E-state index contributed by atoms with van der Waals surface area (Å²) in [6.45, 7) is 7.86. The summed E-state index contributed by atoms with van der Waals surface area (Å²) >= 11 is 0. The molecular weight excluding hydrogens is 256 g/mol. The number of aryl methyl sites for hydroxylation is 1. The molecule has 0 atom stereocenters. The number of rotatable bonds is 5. The molecule has 0 aliphatic carbocycles. The fourth-order valence-corrected chi connectivity index (χ4v) is 2.67. The number of nitrogens with zero attached hydrogens (tertiary/aromatic N) is 1. The molecule has 5 nitrogen and oxygen atoms in total. The molecule has 1 fully saturated rings. The highest BCUT2D eigenvalue weighted by Crippen LogP contribution is 2.29. The zero-order valence-electron chi connectivity index (χ0n) is 12.5. The van der Waals surface area contributed by atoms with E-state index in [2.05, 4.69) is 24.2 Å². The van der Waals surface area contributed by atoms with Crippen LogP contribution in [0.25, 0.3) is 0 Å². The van der Waals surface area contributed by atoms with Crippen molar-refractivity contribution >= 4 is 5.97 Å². The Labute approximate surface area is 119 Å². The van der Waals surface area contributed by atoms with Crippen LogP contribution < -0.4 is 5.32 Å². The zero-order chi connectivity index (χ0) is 14.8. The highest BCUT2D eigenvalue weighted by Gasteiger charge is 2.28. The van der Waals surface area contributed by atoms with Gasteiger partial charge in [-0.15, -0.1) is 0 Å². The van der Waals surface area contributed by atoms with Crippen molar-refractivity contribution in [2.24, 2.45) is 5.41 Å². The number of hydrogen-bond acceptors (Lipinski definition) is 4. The number of carboxylic acids is 1. The van der Waals surface area contributed by atoms with Crippen molar-refractivity contribution < 1.29 is 14.3 Å². The molecule has 5 heteroatoms. The van der Waals surface area contributed by atoms with Crippen LogP contribution in [0.2, 0.25) is 0 Å². The number of nitrogens with one attached hydrogen (secondary N) is 1. The Morgan fingerprint density at radius 3 is 2.70 bits per heavy atom. The minimum absolute atomic E-state index is 0.0484. The van der Waals surface area contributed by atoms with Crippen LogP contribution in [0.15, 0.2) is 10.5 Å². The van der Waals surface area contributed by atoms with Gasteiger partial charge in [-0.3, -0.25) is 0 Å². The zero-order valence-corrected chi connectivity index (χ0v) is 12.5. The van der Waals surface area contributed by atoms with E-state index in [0.29, 0.717) is 23.3 Å². The molecule has 1 aromatic rings. The van der Waals surface area contributed by atoms with Crippen LogP contribution in [-0.4, -0.2) is 42.7 Å². The van der Waals surface area contributed by atoms with Gasteiger partial charge in [-0.25, -0.2) is 4.79 Å². The van der Waals surface area contributed by atoms with Gasteiger partial charge in [0, 0.05) is 12.1 Å². The Balaban J connectivity index is 1.84. The normalized spacial score (nSPS) is 19.1. The van der Waals surface area contributed by atoms with Gasteiger partial charge in [-0.1, -0.05) is 6.92 Å². The number of likely N-dealkylation sites (tertiary alicyclic amines) is 1. The van der Waals surface area contributed by atoms with Gasteiger partial charge in [0.1, 0.15) is 5.76 Å². The number of hydrogen-bond donors (Lipinski definition) is 2. The topological polar surface area (TPSA) is 65.7 Å². The van der Waals surface area contributed by atoms with Gasteiger partial charge in [-0.2, -0.15) is 0 Å². The first kappa shape index (κ1) is 15.1. The van der Waals surface area contributed by atoms with Crippen molar-refractivity contribution in [2.45, 2.75) is 33.2 Å². The predicted molar refractivity (Wildman–Crippen MR) is 76.9 cm³/mol. The van der Waals surface area contributed by atoms with Crippen molar-refractivity contribution in [1.29, 1.82) is 0 Å². The van der Waals surface area contributed by atoms with Crippen LogP contribution in [0.3, 0.4) is 0 Å². The fourth-order valence-electron chi connectivity index (χ4n) is 2.67.